The number of H-pyrrole nitrogens is 1. The number of carboxylic acids is 1. The highest BCUT2D eigenvalue weighted by Gasteiger charge is 2.41. The molecule has 0 bridgehead atoms. The average molecular weight is 399 g/mol. The SMILES string of the molecule is CCCN1C(=O)N2C[C@@H](C)N=C2c2[nH]c(C3=CCC(C)(CCC(=O)O)CC3)nc21. The van der Waals surface area contributed by atoms with Crippen molar-refractivity contribution in [3.63, 3.8) is 0 Å². The molecule has 0 spiro atoms. The van der Waals surface area contributed by atoms with Crippen LogP contribution in [-0.4, -0.2) is 56.9 Å². The minimum Gasteiger partial charge on any atom is -0.481 e. The van der Waals surface area contributed by atoms with Gasteiger partial charge in [-0.25, -0.2) is 9.78 Å². The lowest BCUT2D eigenvalue weighted by atomic mass is 9.73. The molecule has 4 rings (SSSR count). The Labute approximate surface area is 170 Å². The number of imidazole rings is 1. The van der Waals surface area contributed by atoms with Crippen molar-refractivity contribution in [3.05, 3.63) is 17.6 Å². The van der Waals surface area contributed by atoms with E-state index in [2.05, 4.69) is 29.9 Å². The number of anilines is 1. The fraction of sp³-hybridized carbons (Fsp3) is 0.619. The summed E-state index contributed by atoms with van der Waals surface area (Å²) >= 11 is 0. The summed E-state index contributed by atoms with van der Waals surface area (Å²) in [4.78, 5) is 40.3. The van der Waals surface area contributed by atoms with Crippen LogP contribution in [0.2, 0.25) is 0 Å². The minimum atomic E-state index is -0.739. The molecule has 0 aromatic carbocycles. The van der Waals surface area contributed by atoms with Crippen molar-refractivity contribution in [1.82, 2.24) is 14.9 Å². The largest absolute Gasteiger partial charge is 0.481 e. The molecular weight excluding hydrogens is 370 g/mol. The molecule has 3 heterocycles. The van der Waals surface area contributed by atoms with Crippen molar-refractivity contribution in [1.29, 1.82) is 0 Å². The Morgan fingerprint density at radius 2 is 2.24 bits per heavy atom. The third-order valence-corrected chi connectivity index (χ3v) is 6.20. The first kappa shape index (κ1) is 19.7. The number of amides is 2. The Morgan fingerprint density at radius 1 is 1.45 bits per heavy atom. The van der Waals surface area contributed by atoms with E-state index in [1.165, 1.54) is 0 Å². The maximum atomic E-state index is 13.0. The van der Waals surface area contributed by atoms with Gasteiger partial charge in [0.05, 0.1) is 12.6 Å². The molecule has 8 heteroatoms. The van der Waals surface area contributed by atoms with E-state index < -0.39 is 5.97 Å². The second-order valence-electron chi connectivity index (χ2n) is 8.77. The molecule has 1 aromatic rings. The molecule has 0 saturated carbocycles. The number of rotatable bonds is 6. The number of nitrogens with zero attached hydrogens (tertiary/aromatic N) is 4. The van der Waals surface area contributed by atoms with Gasteiger partial charge >= 0.3 is 12.0 Å². The second-order valence-corrected chi connectivity index (χ2v) is 8.77. The van der Waals surface area contributed by atoms with Crippen molar-refractivity contribution >= 4 is 29.2 Å². The van der Waals surface area contributed by atoms with Crippen molar-refractivity contribution < 1.29 is 14.7 Å². The summed E-state index contributed by atoms with van der Waals surface area (Å²) in [6, 6.07) is 0.0401. The predicted octanol–water partition coefficient (Wildman–Crippen LogP) is 3.65. The molecule has 1 unspecified atom stereocenters. The molecule has 0 saturated heterocycles. The molecule has 8 nitrogen and oxygen atoms in total. The van der Waals surface area contributed by atoms with Crippen molar-refractivity contribution in [2.45, 2.75) is 65.3 Å². The average Bonchev–Trinajstić information content (AvgIpc) is 3.28. The van der Waals surface area contributed by atoms with E-state index >= 15 is 0 Å². The Bertz CT molecular complexity index is 902. The summed E-state index contributed by atoms with van der Waals surface area (Å²) in [5, 5.41) is 8.99. The molecule has 3 aliphatic rings. The van der Waals surface area contributed by atoms with Gasteiger partial charge < -0.3 is 10.1 Å². The van der Waals surface area contributed by atoms with Crippen LogP contribution in [0.3, 0.4) is 0 Å². The normalized spacial score (nSPS) is 26.2. The Balaban J connectivity index is 1.62. The summed E-state index contributed by atoms with van der Waals surface area (Å²) in [5.41, 5.74) is 1.98. The molecule has 156 valence electrons. The van der Waals surface area contributed by atoms with E-state index in [9.17, 15) is 9.59 Å². The summed E-state index contributed by atoms with van der Waals surface area (Å²) < 4.78 is 0. The van der Waals surface area contributed by atoms with Gasteiger partial charge in [0, 0.05) is 13.0 Å². The van der Waals surface area contributed by atoms with Crippen LogP contribution in [0, 0.1) is 5.41 Å². The fourth-order valence-corrected chi connectivity index (χ4v) is 4.43. The van der Waals surface area contributed by atoms with Crippen LogP contribution in [0.5, 0.6) is 0 Å². The minimum absolute atomic E-state index is 0.0140. The first-order chi connectivity index (χ1) is 13.8. The molecule has 1 aliphatic carbocycles. The lowest BCUT2D eigenvalue weighted by molar-refractivity contribution is -0.137. The van der Waals surface area contributed by atoms with Crippen LogP contribution in [-0.2, 0) is 4.79 Å². The molecule has 0 fully saturated rings. The van der Waals surface area contributed by atoms with E-state index in [-0.39, 0.29) is 23.9 Å². The molecule has 2 aliphatic heterocycles. The number of aromatic nitrogens is 2. The zero-order valence-corrected chi connectivity index (χ0v) is 17.4. The third kappa shape index (κ3) is 3.56. The third-order valence-electron chi connectivity index (χ3n) is 6.20. The number of aromatic amines is 1. The van der Waals surface area contributed by atoms with E-state index in [1.54, 1.807) is 9.80 Å². The van der Waals surface area contributed by atoms with Crippen molar-refractivity contribution in [2.75, 3.05) is 18.0 Å². The Morgan fingerprint density at radius 3 is 2.90 bits per heavy atom. The fourth-order valence-electron chi connectivity index (χ4n) is 4.43. The monoisotopic (exact) mass is 399 g/mol. The smallest absolute Gasteiger partial charge is 0.331 e. The number of carbonyl (C=O) groups is 2. The van der Waals surface area contributed by atoms with Gasteiger partial charge in [0.25, 0.3) is 0 Å². The number of hydrogen-bond donors (Lipinski definition) is 2. The first-order valence-electron chi connectivity index (χ1n) is 10.5. The Kier molecular flexibility index (Phi) is 4.96. The number of amidine groups is 1. The number of carboxylic acid groups (broad SMARTS) is 1. The van der Waals surface area contributed by atoms with Gasteiger partial charge in [-0.15, -0.1) is 0 Å². The van der Waals surface area contributed by atoms with Crippen LogP contribution < -0.4 is 4.90 Å². The number of carbonyl (C=O) groups excluding carboxylic acids is 1. The van der Waals surface area contributed by atoms with Gasteiger partial charge in [-0.1, -0.05) is 19.9 Å². The van der Waals surface area contributed by atoms with Crippen LogP contribution in [0.25, 0.3) is 5.57 Å². The van der Waals surface area contributed by atoms with Gasteiger partial charge in [0.2, 0.25) is 0 Å². The molecule has 2 amide bonds. The molecule has 2 atom stereocenters. The molecule has 1 aromatic heterocycles. The summed E-state index contributed by atoms with van der Waals surface area (Å²) in [6.45, 7) is 7.46. The number of urea groups is 1. The highest BCUT2D eigenvalue weighted by atomic mass is 16.4. The second kappa shape index (κ2) is 7.31. The number of allylic oxidation sites excluding steroid dienone is 2. The van der Waals surface area contributed by atoms with Crippen molar-refractivity contribution in [2.24, 2.45) is 10.4 Å². The van der Waals surface area contributed by atoms with E-state index in [0.29, 0.717) is 31.2 Å². The summed E-state index contributed by atoms with van der Waals surface area (Å²) in [6.07, 6.45) is 6.53. The zero-order chi connectivity index (χ0) is 20.8. The first-order valence-corrected chi connectivity index (χ1v) is 10.5. The van der Waals surface area contributed by atoms with Gasteiger partial charge in [-0.3, -0.25) is 19.6 Å². The van der Waals surface area contributed by atoms with E-state index in [4.69, 9.17) is 10.1 Å². The number of fused-ring (bicyclic) bond motifs is 3. The van der Waals surface area contributed by atoms with Gasteiger partial charge in [-0.05, 0) is 50.0 Å². The van der Waals surface area contributed by atoms with Crippen LogP contribution in [0.15, 0.2) is 11.1 Å². The number of aliphatic carboxylic acids is 1. The Hall–Kier alpha value is -2.64. The highest BCUT2D eigenvalue weighted by molar-refractivity contribution is 6.18. The maximum absolute atomic E-state index is 13.0. The van der Waals surface area contributed by atoms with Crippen LogP contribution in [0.4, 0.5) is 10.6 Å². The number of hydrogen-bond acceptors (Lipinski definition) is 4. The van der Waals surface area contributed by atoms with E-state index in [0.717, 1.165) is 42.8 Å². The highest BCUT2D eigenvalue weighted by Crippen LogP contribution is 2.42. The molecule has 0 radical (unpaired) electrons. The maximum Gasteiger partial charge on any atom is 0.331 e. The standard InChI is InChI=1S/C21H29N5O3/c1-4-11-25-19-16(18-22-13(2)12-26(18)20(25)29)23-17(24-19)14-5-8-21(3,9-6-14)10-7-15(27)28/h5,13H,4,6-12H2,1-3H3,(H,23,24)(H,27,28)/t13-,21?/m1/s1. The zero-order valence-electron chi connectivity index (χ0n) is 17.4. The molecular formula is C21H29N5O3. The van der Waals surface area contributed by atoms with Gasteiger partial charge in [0.15, 0.2) is 11.7 Å². The summed E-state index contributed by atoms with van der Waals surface area (Å²) in [5.74, 6) is 1.44. The van der Waals surface area contributed by atoms with Gasteiger partial charge in [-0.2, -0.15) is 0 Å². The number of aliphatic imine (C=N–C) groups is 1. The molecule has 2 N–H and O–H groups in total. The lowest BCUT2D eigenvalue weighted by Gasteiger charge is -2.32. The van der Waals surface area contributed by atoms with Crippen LogP contribution >= 0.6 is 0 Å². The van der Waals surface area contributed by atoms with Crippen LogP contribution in [0.1, 0.15) is 70.8 Å². The van der Waals surface area contributed by atoms with E-state index in [1.807, 2.05) is 6.92 Å². The van der Waals surface area contributed by atoms with Gasteiger partial charge in [0.1, 0.15) is 11.5 Å². The molecule has 29 heavy (non-hydrogen) atoms. The topological polar surface area (TPSA) is 102 Å². The lowest BCUT2D eigenvalue weighted by Crippen LogP contribution is -2.50. The number of nitrogens with one attached hydrogen (secondary N) is 1. The predicted molar refractivity (Wildman–Crippen MR) is 111 cm³/mol. The quantitative estimate of drug-likeness (QED) is 0.762. The van der Waals surface area contributed by atoms with Crippen molar-refractivity contribution in [3.8, 4) is 0 Å². The summed E-state index contributed by atoms with van der Waals surface area (Å²) in [7, 11) is 0.